The lowest BCUT2D eigenvalue weighted by molar-refractivity contribution is 0.217. The highest BCUT2D eigenvalue weighted by Gasteiger charge is 2.20. The predicted octanol–water partition coefficient (Wildman–Crippen LogP) is 2.25. The van der Waals surface area contributed by atoms with Crippen molar-refractivity contribution < 1.29 is 0 Å². The van der Waals surface area contributed by atoms with Gasteiger partial charge >= 0.3 is 0 Å². The van der Waals surface area contributed by atoms with Gasteiger partial charge in [-0.25, -0.2) is 0 Å². The van der Waals surface area contributed by atoms with Crippen LogP contribution in [0.5, 0.6) is 0 Å². The van der Waals surface area contributed by atoms with E-state index in [4.69, 9.17) is 0 Å². The zero-order chi connectivity index (χ0) is 10.4. The first kappa shape index (κ1) is 12.0. The quantitative estimate of drug-likeness (QED) is 0.704. The third-order valence-electron chi connectivity index (χ3n) is 3.50. The maximum Gasteiger partial charge on any atom is 0.0191 e. The van der Waals surface area contributed by atoms with Crippen molar-refractivity contribution in [3.05, 3.63) is 0 Å². The van der Waals surface area contributed by atoms with Gasteiger partial charge in [0.05, 0.1) is 0 Å². The number of hydrogen-bond acceptors (Lipinski definition) is 2. The Morgan fingerprint density at radius 3 is 2.50 bits per heavy atom. The summed E-state index contributed by atoms with van der Waals surface area (Å²) >= 11 is 0. The predicted molar refractivity (Wildman–Crippen MR) is 62.6 cm³/mol. The van der Waals surface area contributed by atoms with Crippen molar-refractivity contribution in [3.8, 4) is 0 Å². The molecule has 1 atom stereocenters. The number of likely N-dealkylation sites (N-methyl/N-ethyl adjacent to an activating group) is 2. The normalized spacial score (nSPS) is 20.6. The van der Waals surface area contributed by atoms with Gasteiger partial charge in [-0.1, -0.05) is 26.2 Å². The minimum absolute atomic E-state index is 0.686. The molecule has 0 bridgehead atoms. The van der Waals surface area contributed by atoms with Crippen LogP contribution >= 0.6 is 0 Å². The Hall–Kier alpha value is -0.0800. The van der Waals surface area contributed by atoms with Crippen LogP contribution in [0.3, 0.4) is 0 Å². The molecule has 84 valence electrons. The zero-order valence-electron chi connectivity index (χ0n) is 10.1. The van der Waals surface area contributed by atoms with Crippen LogP contribution < -0.4 is 5.32 Å². The molecular weight excluding hydrogens is 172 g/mol. The van der Waals surface area contributed by atoms with Crippen LogP contribution in [0.25, 0.3) is 0 Å². The van der Waals surface area contributed by atoms with Gasteiger partial charge in [0, 0.05) is 18.6 Å². The third-order valence-corrected chi connectivity index (χ3v) is 3.50. The van der Waals surface area contributed by atoms with Crippen LogP contribution in [0.4, 0.5) is 0 Å². The van der Waals surface area contributed by atoms with Gasteiger partial charge in [-0.3, -0.25) is 0 Å². The van der Waals surface area contributed by atoms with E-state index >= 15 is 0 Å². The summed E-state index contributed by atoms with van der Waals surface area (Å²) in [4.78, 5) is 2.56. The van der Waals surface area contributed by atoms with E-state index in [-0.39, 0.29) is 0 Å². The van der Waals surface area contributed by atoms with Crippen LogP contribution in [-0.4, -0.2) is 37.6 Å². The van der Waals surface area contributed by atoms with E-state index < -0.39 is 0 Å². The van der Waals surface area contributed by atoms with Gasteiger partial charge in [0.1, 0.15) is 0 Å². The lowest BCUT2D eigenvalue weighted by Crippen LogP contribution is -2.41. The van der Waals surface area contributed by atoms with Crippen molar-refractivity contribution in [3.63, 3.8) is 0 Å². The average molecular weight is 198 g/mol. The van der Waals surface area contributed by atoms with Gasteiger partial charge in [-0.2, -0.15) is 0 Å². The van der Waals surface area contributed by atoms with Crippen molar-refractivity contribution in [1.82, 2.24) is 10.2 Å². The topological polar surface area (TPSA) is 15.3 Å². The smallest absolute Gasteiger partial charge is 0.0191 e. The summed E-state index contributed by atoms with van der Waals surface area (Å²) < 4.78 is 0. The molecule has 1 aliphatic rings. The summed E-state index contributed by atoms with van der Waals surface area (Å²) in [5.74, 6) is 0. The summed E-state index contributed by atoms with van der Waals surface area (Å²) in [5.41, 5.74) is 0. The van der Waals surface area contributed by atoms with E-state index in [1.165, 1.54) is 45.1 Å². The standard InChI is InChI=1S/C12H26N2/c1-4-7-11(13-2)10-14(3)12-8-5-6-9-12/h11-13H,4-10H2,1-3H3. The number of nitrogens with one attached hydrogen (secondary N) is 1. The third kappa shape index (κ3) is 3.58. The second kappa shape index (κ2) is 6.41. The Bertz CT molecular complexity index is 141. The minimum atomic E-state index is 0.686. The molecule has 0 aromatic carbocycles. The van der Waals surface area contributed by atoms with Gasteiger partial charge < -0.3 is 10.2 Å². The van der Waals surface area contributed by atoms with Crippen LogP contribution in [0.2, 0.25) is 0 Å². The lowest BCUT2D eigenvalue weighted by atomic mass is 10.1. The Kier molecular flexibility index (Phi) is 5.49. The second-order valence-electron chi connectivity index (χ2n) is 4.65. The minimum Gasteiger partial charge on any atom is -0.316 e. The molecule has 0 aromatic heterocycles. The molecule has 0 aromatic rings. The van der Waals surface area contributed by atoms with Gasteiger partial charge in [-0.15, -0.1) is 0 Å². The van der Waals surface area contributed by atoms with Gasteiger partial charge in [0.2, 0.25) is 0 Å². The van der Waals surface area contributed by atoms with E-state index in [0.29, 0.717) is 6.04 Å². The number of hydrogen-bond donors (Lipinski definition) is 1. The SMILES string of the molecule is CCCC(CN(C)C1CCCC1)NC. The summed E-state index contributed by atoms with van der Waals surface area (Å²) in [6.07, 6.45) is 8.29. The van der Waals surface area contributed by atoms with Crippen LogP contribution in [-0.2, 0) is 0 Å². The summed E-state index contributed by atoms with van der Waals surface area (Å²) in [6.45, 7) is 3.48. The fourth-order valence-electron chi connectivity index (χ4n) is 2.52. The molecule has 1 saturated carbocycles. The molecule has 14 heavy (non-hydrogen) atoms. The molecular formula is C12H26N2. The number of rotatable bonds is 6. The van der Waals surface area contributed by atoms with E-state index in [1.54, 1.807) is 0 Å². The molecule has 1 aliphatic carbocycles. The molecule has 0 amide bonds. The van der Waals surface area contributed by atoms with Crippen molar-refractivity contribution in [1.29, 1.82) is 0 Å². The maximum atomic E-state index is 3.42. The Labute approximate surface area is 89.1 Å². The summed E-state index contributed by atoms with van der Waals surface area (Å²) in [5, 5.41) is 3.42. The first-order valence-corrected chi connectivity index (χ1v) is 6.15. The molecule has 1 rings (SSSR count). The highest BCUT2D eigenvalue weighted by atomic mass is 15.2. The van der Waals surface area contributed by atoms with Gasteiger partial charge in [0.25, 0.3) is 0 Å². The first-order valence-electron chi connectivity index (χ1n) is 6.15. The van der Waals surface area contributed by atoms with Crippen molar-refractivity contribution in [2.75, 3.05) is 20.6 Å². The van der Waals surface area contributed by atoms with E-state index in [9.17, 15) is 0 Å². The van der Waals surface area contributed by atoms with Gasteiger partial charge in [-0.05, 0) is 33.4 Å². The molecule has 0 heterocycles. The van der Waals surface area contributed by atoms with E-state index in [2.05, 4.69) is 31.2 Å². The summed E-state index contributed by atoms with van der Waals surface area (Å²) in [6, 6.07) is 1.55. The Morgan fingerprint density at radius 1 is 1.36 bits per heavy atom. The highest BCUT2D eigenvalue weighted by molar-refractivity contribution is 4.78. The summed E-state index contributed by atoms with van der Waals surface area (Å²) in [7, 11) is 4.37. The van der Waals surface area contributed by atoms with Crippen molar-refractivity contribution in [2.24, 2.45) is 0 Å². The zero-order valence-corrected chi connectivity index (χ0v) is 10.1. The van der Waals surface area contributed by atoms with Crippen molar-refractivity contribution in [2.45, 2.75) is 57.5 Å². The van der Waals surface area contributed by atoms with Crippen LogP contribution in [0.1, 0.15) is 45.4 Å². The largest absolute Gasteiger partial charge is 0.316 e. The molecule has 0 saturated heterocycles. The second-order valence-corrected chi connectivity index (χ2v) is 4.65. The first-order chi connectivity index (χ1) is 6.77. The molecule has 2 nitrogen and oxygen atoms in total. The molecule has 0 aliphatic heterocycles. The number of nitrogens with zero attached hydrogens (tertiary/aromatic N) is 1. The molecule has 0 spiro atoms. The molecule has 1 N–H and O–H groups in total. The molecule has 0 radical (unpaired) electrons. The fraction of sp³-hybridized carbons (Fsp3) is 1.00. The highest BCUT2D eigenvalue weighted by Crippen LogP contribution is 2.22. The fourth-order valence-corrected chi connectivity index (χ4v) is 2.52. The lowest BCUT2D eigenvalue weighted by Gasteiger charge is -2.28. The average Bonchev–Trinajstić information content (AvgIpc) is 2.69. The monoisotopic (exact) mass is 198 g/mol. The van der Waals surface area contributed by atoms with Gasteiger partial charge in [0.15, 0.2) is 0 Å². The molecule has 2 heteroatoms. The van der Waals surface area contributed by atoms with Crippen LogP contribution in [0, 0.1) is 0 Å². The van der Waals surface area contributed by atoms with Crippen LogP contribution in [0.15, 0.2) is 0 Å². The molecule has 1 fully saturated rings. The maximum absolute atomic E-state index is 3.42. The Balaban J connectivity index is 2.25. The van der Waals surface area contributed by atoms with E-state index in [1.807, 2.05) is 0 Å². The van der Waals surface area contributed by atoms with E-state index in [0.717, 1.165) is 6.04 Å². The Morgan fingerprint density at radius 2 is 2.00 bits per heavy atom. The molecule has 1 unspecified atom stereocenters. The van der Waals surface area contributed by atoms with Crippen molar-refractivity contribution >= 4 is 0 Å².